The van der Waals surface area contributed by atoms with Gasteiger partial charge in [0.25, 0.3) is 0 Å². The molecule has 118 valence electrons. The normalized spacial score (nSPS) is 13.9. The zero-order chi connectivity index (χ0) is 15.8. The molecule has 6 nitrogen and oxygen atoms in total. The van der Waals surface area contributed by atoms with Crippen LogP contribution in [0, 0.1) is 0 Å². The van der Waals surface area contributed by atoms with Crippen molar-refractivity contribution in [1.82, 2.24) is 9.97 Å². The Hall–Kier alpha value is -2.41. The zero-order valence-corrected chi connectivity index (χ0v) is 13.2. The Kier molecular flexibility index (Phi) is 3.49. The zero-order valence-electron chi connectivity index (χ0n) is 12.4. The molecule has 3 heterocycles. The van der Waals surface area contributed by atoms with E-state index < -0.39 is 5.97 Å². The smallest absolute Gasteiger partial charge is 0.374 e. The van der Waals surface area contributed by atoms with Crippen LogP contribution in [0.1, 0.15) is 39.7 Å². The van der Waals surface area contributed by atoms with E-state index in [2.05, 4.69) is 9.97 Å². The highest BCUT2D eigenvalue weighted by molar-refractivity contribution is 7.19. The van der Waals surface area contributed by atoms with Gasteiger partial charge in [0, 0.05) is 4.88 Å². The Balaban J connectivity index is 1.60. The van der Waals surface area contributed by atoms with Gasteiger partial charge in [-0.15, -0.1) is 11.3 Å². The maximum absolute atomic E-state index is 11.8. The van der Waals surface area contributed by atoms with Gasteiger partial charge in [0.05, 0.1) is 11.6 Å². The summed E-state index contributed by atoms with van der Waals surface area (Å²) in [6.07, 6.45) is 5.93. The Morgan fingerprint density at radius 3 is 3.04 bits per heavy atom. The maximum Gasteiger partial charge on any atom is 0.374 e. The average molecular weight is 329 g/mol. The Bertz CT molecular complexity index is 870. The van der Waals surface area contributed by atoms with Crippen molar-refractivity contribution in [2.24, 2.45) is 0 Å². The SMILES string of the molecule is Nc1nc(COC(=O)c2ccco2)nc2sc3c(c12)CCCC3. The number of anilines is 1. The third-order valence-electron chi connectivity index (χ3n) is 3.94. The number of nitrogens with zero attached hydrogens (tertiary/aromatic N) is 2. The summed E-state index contributed by atoms with van der Waals surface area (Å²) in [7, 11) is 0. The fourth-order valence-electron chi connectivity index (χ4n) is 2.89. The van der Waals surface area contributed by atoms with Crippen molar-refractivity contribution in [2.45, 2.75) is 32.3 Å². The number of thiophene rings is 1. The lowest BCUT2D eigenvalue weighted by Gasteiger charge is -2.10. The molecule has 0 saturated heterocycles. The Labute approximate surface area is 136 Å². The van der Waals surface area contributed by atoms with Crippen molar-refractivity contribution in [3.05, 3.63) is 40.4 Å². The maximum atomic E-state index is 11.8. The summed E-state index contributed by atoms with van der Waals surface area (Å²) in [4.78, 5) is 22.8. The summed E-state index contributed by atoms with van der Waals surface area (Å²) in [5, 5.41) is 0.978. The van der Waals surface area contributed by atoms with Crippen molar-refractivity contribution in [1.29, 1.82) is 0 Å². The molecule has 7 heteroatoms. The Morgan fingerprint density at radius 2 is 2.22 bits per heavy atom. The molecule has 1 aliphatic carbocycles. The number of nitrogen functional groups attached to an aromatic ring is 1. The molecular formula is C16H15N3O3S. The number of hydrogen-bond donors (Lipinski definition) is 1. The topological polar surface area (TPSA) is 91.2 Å². The number of fused-ring (bicyclic) bond motifs is 3. The van der Waals surface area contributed by atoms with Crippen LogP contribution in [0.3, 0.4) is 0 Å². The predicted molar refractivity (Wildman–Crippen MR) is 86.3 cm³/mol. The van der Waals surface area contributed by atoms with Crippen LogP contribution in [0.4, 0.5) is 5.82 Å². The van der Waals surface area contributed by atoms with Gasteiger partial charge < -0.3 is 14.9 Å². The van der Waals surface area contributed by atoms with Crippen molar-refractivity contribution >= 4 is 33.3 Å². The molecule has 2 N–H and O–H groups in total. The summed E-state index contributed by atoms with van der Waals surface area (Å²) in [5.41, 5.74) is 7.42. The lowest BCUT2D eigenvalue weighted by Crippen LogP contribution is -2.08. The number of aryl methyl sites for hydroxylation is 2. The van der Waals surface area contributed by atoms with Gasteiger partial charge >= 0.3 is 5.97 Å². The number of ether oxygens (including phenoxy) is 1. The minimum Gasteiger partial charge on any atom is -0.457 e. The number of nitrogens with two attached hydrogens (primary N) is 1. The molecule has 0 amide bonds. The number of esters is 1. The number of aromatic nitrogens is 2. The molecule has 0 aromatic carbocycles. The van der Waals surface area contributed by atoms with E-state index in [4.69, 9.17) is 14.9 Å². The second kappa shape index (κ2) is 5.66. The minimum atomic E-state index is -0.539. The van der Waals surface area contributed by atoms with E-state index in [0.717, 1.165) is 23.1 Å². The van der Waals surface area contributed by atoms with E-state index in [1.807, 2.05) is 0 Å². The van der Waals surface area contributed by atoms with Crippen molar-refractivity contribution in [2.75, 3.05) is 5.73 Å². The van der Waals surface area contributed by atoms with E-state index in [1.54, 1.807) is 23.5 Å². The number of rotatable bonds is 3. The molecule has 0 spiro atoms. The highest BCUT2D eigenvalue weighted by atomic mass is 32.1. The van der Waals surface area contributed by atoms with E-state index in [-0.39, 0.29) is 12.4 Å². The van der Waals surface area contributed by atoms with Crippen LogP contribution in [0.5, 0.6) is 0 Å². The van der Waals surface area contributed by atoms with Crippen LogP contribution < -0.4 is 5.73 Å². The Morgan fingerprint density at radius 1 is 1.35 bits per heavy atom. The third kappa shape index (κ3) is 2.57. The van der Waals surface area contributed by atoms with Gasteiger partial charge in [-0.1, -0.05) is 0 Å². The average Bonchev–Trinajstić information content (AvgIpc) is 3.19. The van der Waals surface area contributed by atoms with Gasteiger partial charge in [-0.3, -0.25) is 0 Å². The summed E-state index contributed by atoms with van der Waals surface area (Å²) in [5.74, 6) is 0.500. The van der Waals surface area contributed by atoms with Gasteiger partial charge in [0.2, 0.25) is 5.76 Å². The largest absolute Gasteiger partial charge is 0.457 e. The van der Waals surface area contributed by atoms with Crippen LogP contribution in [-0.4, -0.2) is 15.9 Å². The quantitative estimate of drug-likeness (QED) is 0.742. The standard InChI is InChI=1S/C16H15N3O3S/c17-14-13-9-4-1-2-6-11(9)23-15(13)19-12(18-14)8-22-16(20)10-5-3-7-21-10/h3,5,7H,1-2,4,6,8H2,(H2,17,18,19). The molecule has 3 aromatic heterocycles. The lowest BCUT2D eigenvalue weighted by molar-refractivity contribution is 0.0426. The van der Waals surface area contributed by atoms with Crippen LogP contribution in [0.2, 0.25) is 0 Å². The molecule has 23 heavy (non-hydrogen) atoms. The first-order valence-corrected chi connectivity index (χ1v) is 8.31. The highest BCUT2D eigenvalue weighted by Crippen LogP contribution is 2.37. The molecule has 0 unspecified atom stereocenters. The molecule has 3 aromatic rings. The first kappa shape index (κ1) is 14.2. The highest BCUT2D eigenvalue weighted by Gasteiger charge is 2.20. The van der Waals surface area contributed by atoms with Crippen molar-refractivity contribution in [3.63, 3.8) is 0 Å². The molecular weight excluding hydrogens is 314 g/mol. The van der Waals surface area contributed by atoms with Crippen LogP contribution >= 0.6 is 11.3 Å². The number of carbonyl (C=O) groups excluding carboxylic acids is 1. The molecule has 0 bridgehead atoms. The second-order valence-electron chi connectivity index (χ2n) is 5.47. The number of furan rings is 1. The molecule has 0 atom stereocenters. The van der Waals surface area contributed by atoms with E-state index >= 15 is 0 Å². The first-order valence-electron chi connectivity index (χ1n) is 7.49. The molecule has 1 aliphatic rings. The number of hydrogen-bond acceptors (Lipinski definition) is 7. The van der Waals surface area contributed by atoms with Gasteiger partial charge in [-0.2, -0.15) is 0 Å². The summed E-state index contributed by atoms with van der Waals surface area (Å²) >= 11 is 1.67. The van der Waals surface area contributed by atoms with Crippen molar-refractivity contribution < 1.29 is 13.9 Å². The van der Waals surface area contributed by atoms with Gasteiger partial charge in [-0.05, 0) is 43.4 Å². The van der Waals surface area contributed by atoms with Crippen molar-refractivity contribution in [3.8, 4) is 0 Å². The van der Waals surface area contributed by atoms with E-state index in [0.29, 0.717) is 11.6 Å². The fourth-order valence-corrected chi connectivity index (χ4v) is 4.18. The summed E-state index contributed by atoms with van der Waals surface area (Å²) < 4.78 is 10.2. The molecule has 0 aliphatic heterocycles. The second-order valence-corrected chi connectivity index (χ2v) is 6.55. The van der Waals surface area contributed by atoms with E-state index in [1.165, 1.54) is 29.5 Å². The summed E-state index contributed by atoms with van der Waals surface area (Å²) in [6.45, 7) is -0.0256. The van der Waals surface area contributed by atoms with Crippen LogP contribution in [-0.2, 0) is 24.2 Å². The van der Waals surface area contributed by atoms with Crippen LogP contribution in [0.15, 0.2) is 22.8 Å². The van der Waals surface area contributed by atoms with Gasteiger partial charge in [0.1, 0.15) is 10.6 Å². The van der Waals surface area contributed by atoms with Crippen LogP contribution in [0.25, 0.3) is 10.2 Å². The predicted octanol–water partition coefficient (Wildman–Crippen LogP) is 3.10. The monoisotopic (exact) mass is 329 g/mol. The molecule has 0 saturated carbocycles. The van der Waals surface area contributed by atoms with Gasteiger partial charge in [0.15, 0.2) is 12.4 Å². The molecule has 0 fully saturated rings. The van der Waals surface area contributed by atoms with E-state index in [9.17, 15) is 4.79 Å². The number of carbonyl (C=O) groups is 1. The summed E-state index contributed by atoms with van der Waals surface area (Å²) in [6, 6.07) is 3.18. The molecule has 0 radical (unpaired) electrons. The first-order chi connectivity index (χ1) is 11.2. The van der Waals surface area contributed by atoms with Gasteiger partial charge in [-0.25, -0.2) is 14.8 Å². The minimum absolute atomic E-state index is 0.0256. The molecule has 4 rings (SSSR count). The lowest BCUT2D eigenvalue weighted by atomic mass is 9.97. The fraction of sp³-hybridized carbons (Fsp3) is 0.312. The third-order valence-corrected chi connectivity index (χ3v) is 5.13.